The van der Waals surface area contributed by atoms with E-state index in [9.17, 15) is 33.6 Å². The maximum Gasteiger partial charge on any atom is 0.411 e. The Morgan fingerprint density at radius 1 is 0.598 bits per heavy atom. The number of alkyl carbamates (subject to hydrolysis) is 1. The van der Waals surface area contributed by atoms with Gasteiger partial charge >= 0.3 is 18.3 Å². The molecule has 2 aliphatic heterocycles. The molecule has 0 saturated carbocycles. The van der Waals surface area contributed by atoms with E-state index >= 15 is 0 Å². The highest BCUT2D eigenvalue weighted by atomic mass is 28.4. The second-order valence-electron chi connectivity index (χ2n) is 26.3. The van der Waals surface area contributed by atoms with Crippen LogP contribution in [-0.2, 0) is 39.3 Å². The zero-order valence-electron chi connectivity index (χ0n) is 56.4. The number of amides is 7. The van der Waals surface area contributed by atoms with E-state index in [0.717, 1.165) is 11.1 Å². The van der Waals surface area contributed by atoms with Gasteiger partial charge in [0.2, 0.25) is 11.8 Å². The zero-order chi connectivity index (χ0) is 68.5. The maximum absolute atomic E-state index is 14.9. The molecule has 5 rings (SSSR count). The molecule has 0 spiro atoms. The lowest BCUT2D eigenvalue weighted by atomic mass is 10.0. The van der Waals surface area contributed by atoms with E-state index in [1.807, 2.05) is 0 Å². The van der Waals surface area contributed by atoms with Crippen LogP contribution in [-0.4, -0.2) is 159 Å². The van der Waals surface area contributed by atoms with E-state index in [0.29, 0.717) is 37.2 Å². The normalized spacial score (nSPS) is 15.8. The summed E-state index contributed by atoms with van der Waals surface area (Å²) in [6, 6.07) is 9.90. The standard InChI is InChI=1S/C67H97N7O16Si2/c1-20-27-86-63(79)70-52-35-56(54(82-14)33-50(52)61(77)73-37-43(5)31-48(73)40-89-91(16,17)66(8,9)10)84-29-22-30-85-57-36-53(51(34-55(57)83-15)62(78)74-38-44(6)32-49(74)41-90-92(18,19)67(11,12)13)71-64(80)88-39-46-23-25-47(26-24-46)69-59(75)45(7)68-60(76)58(42(3)4)72-65(81)87-28-21-2/h20-21,23-26,33-36,42,45,48-49,58H,1-2,5-6,22,27-32,37-41H2,3-4,7-19H3,(H,68,76)(H,69,75)(H,70,79)(H,71,80)(H,72,81)/t45-,48-,49-,58-/m0/s1. The molecule has 3 aromatic rings. The molecule has 0 unspecified atom stereocenters. The molecular weight excluding hydrogens is 1210 g/mol. The number of nitrogens with one attached hydrogen (secondary N) is 5. The second kappa shape index (κ2) is 32.9. The van der Waals surface area contributed by atoms with Crippen molar-refractivity contribution < 1.29 is 75.6 Å². The molecule has 0 aliphatic carbocycles. The highest BCUT2D eigenvalue weighted by molar-refractivity contribution is 6.74. The third-order valence-electron chi connectivity index (χ3n) is 16.7. The van der Waals surface area contributed by atoms with Crippen molar-refractivity contribution in [2.45, 2.75) is 149 Å². The Morgan fingerprint density at radius 2 is 1.03 bits per heavy atom. The van der Waals surface area contributed by atoms with Crippen molar-refractivity contribution >= 4 is 75.6 Å². The molecule has 0 aromatic heterocycles. The van der Waals surface area contributed by atoms with Gasteiger partial charge in [-0.2, -0.15) is 0 Å². The van der Waals surface area contributed by atoms with Crippen LogP contribution in [0.1, 0.15) is 108 Å². The van der Waals surface area contributed by atoms with Gasteiger partial charge in [-0.3, -0.25) is 29.8 Å². The van der Waals surface area contributed by atoms with Crippen molar-refractivity contribution in [2.24, 2.45) is 5.92 Å². The van der Waals surface area contributed by atoms with Crippen molar-refractivity contribution in [3.63, 3.8) is 0 Å². The molecule has 0 radical (unpaired) electrons. The zero-order valence-corrected chi connectivity index (χ0v) is 58.4. The van der Waals surface area contributed by atoms with E-state index in [-0.39, 0.29) is 132 Å². The molecule has 0 bridgehead atoms. The number of hydrogen-bond donors (Lipinski definition) is 5. The van der Waals surface area contributed by atoms with E-state index < -0.39 is 64.7 Å². The van der Waals surface area contributed by atoms with Crippen molar-refractivity contribution in [2.75, 3.05) is 82.9 Å². The summed E-state index contributed by atoms with van der Waals surface area (Å²) in [5, 5.41) is 13.2. The van der Waals surface area contributed by atoms with Crippen LogP contribution in [0, 0.1) is 5.92 Å². The van der Waals surface area contributed by atoms with Gasteiger partial charge in [0.15, 0.2) is 39.6 Å². The summed E-state index contributed by atoms with van der Waals surface area (Å²) >= 11 is 0. The minimum absolute atomic E-state index is 0.0379. The minimum atomic E-state index is -2.23. The predicted molar refractivity (Wildman–Crippen MR) is 360 cm³/mol. The van der Waals surface area contributed by atoms with Crippen LogP contribution in [0.15, 0.2) is 98.1 Å². The summed E-state index contributed by atoms with van der Waals surface area (Å²) in [5.74, 6) is -1.41. The van der Waals surface area contributed by atoms with Crippen LogP contribution in [0.4, 0.5) is 31.4 Å². The fourth-order valence-corrected chi connectivity index (χ4v) is 11.3. The molecular formula is C67H97N7O16Si2. The molecule has 2 fully saturated rings. The Morgan fingerprint density at radius 3 is 1.45 bits per heavy atom. The van der Waals surface area contributed by atoms with Gasteiger partial charge in [0.25, 0.3) is 11.8 Å². The summed E-state index contributed by atoms with van der Waals surface area (Å²) in [6.45, 7) is 43.0. The van der Waals surface area contributed by atoms with Gasteiger partial charge in [-0.05, 0) is 91.8 Å². The van der Waals surface area contributed by atoms with Gasteiger partial charge in [-0.25, -0.2) is 14.4 Å². The number of hydrogen-bond acceptors (Lipinski definition) is 16. The average Bonchev–Trinajstić information content (AvgIpc) is 1.43. The predicted octanol–water partition coefficient (Wildman–Crippen LogP) is 12.0. The smallest absolute Gasteiger partial charge is 0.411 e. The van der Waals surface area contributed by atoms with Gasteiger partial charge < -0.3 is 67.8 Å². The van der Waals surface area contributed by atoms with Gasteiger partial charge in [0, 0.05) is 37.3 Å². The van der Waals surface area contributed by atoms with Crippen LogP contribution < -0.4 is 45.5 Å². The molecule has 4 atom stereocenters. The Balaban J connectivity index is 1.34. The van der Waals surface area contributed by atoms with Gasteiger partial charge in [0.1, 0.15) is 31.9 Å². The third-order valence-corrected chi connectivity index (χ3v) is 25.7. The van der Waals surface area contributed by atoms with E-state index in [1.54, 1.807) is 47.9 Å². The van der Waals surface area contributed by atoms with E-state index in [4.69, 9.17) is 42.0 Å². The van der Waals surface area contributed by atoms with Gasteiger partial charge in [0.05, 0.1) is 75.2 Å². The number of nitrogens with zero attached hydrogens (tertiary/aromatic N) is 2. The van der Waals surface area contributed by atoms with E-state index in [1.165, 1.54) is 57.6 Å². The Hall–Kier alpha value is -8.14. The number of anilines is 3. The first kappa shape index (κ1) is 74.6. The summed E-state index contributed by atoms with van der Waals surface area (Å²) in [4.78, 5) is 98.1. The second-order valence-corrected chi connectivity index (χ2v) is 35.9. The monoisotopic (exact) mass is 1310 g/mol. The first-order valence-corrected chi connectivity index (χ1v) is 36.6. The molecule has 504 valence electrons. The number of rotatable bonds is 30. The number of ether oxygens (including phenoxy) is 7. The molecule has 92 heavy (non-hydrogen) atoms. The summed E-state index contributed by atoms with van der Waals surface area (Å²) < 4.78 is 53.2. The van der Waals surface area contributed by atoms with Crippen LogP contribution in [0.2, 0.25) is 36.3 Å². The molecule has 5 N–H and O–H groups in total. The van der Waals surface area contributed by atoms with Crippen LogP contribution in [0.25, 0.3) is 0 Å². The van der Waals surface area contributed by atoms with E-state index in [2.05, 4.69) is 121 Å². The highest BCUT2D eigenvalue weighted by Gasteiger charge is 2.42. The summed E-state index contributed by atoms with van der Waals surface area (Å²) in [5.41, 5.74) is 3.07. The lowest BCUT2D eigenvalue weighted by molar-refractivity contribution is -0.128. The minimum Gasteiger partial charge on any atom is -0.493 e. The number of likely N-dealkylation sites (tertiary alicyclic amines) is 2. The molecule has 23 nitrogen and oxygen atoms in total. The first-order valence-electron chi connectivity index (χ1n) is 30.8. The fraction of sp³-hybridized carbons (Fsp3) is 0.507. The number of carbonyl (C=O) groups is 7. The maximum atomic E-state index is 14.9. The third kappa shape index (κ3) is 20.7. The number of benzene rings is 3. The highest BCUT2D eigenvalue weighted by Crippen LogP contribution is 2.41. The average molecular weight is 1310 g/mol. The van der Waals surface area contributed by atoms with Crippen LogP contribution in [0.5, 0.6) is 23.0 Å². The molecule has 2 saturated heterocycles. The SMILES string of the molecule is C=CCOC(=O)Nc1cc(OCCCOc2cc(NC(=O)OCc3ccc(NC(=O)[C@H](C)NC(=O)[C@@H](NC(=O)OCC=C)C(C)C)cc3)c(C(=O)N3CC(=C)C[C@H]3CO[Si](C)(C)C(C)(C)C)cc2OC)c(OC)cc1C(=O)N1CC(=C)C[C@H]1CO[Si](C)(C)C(C)(C)C. The number of methoxy groups -OCH3 is 2. The molecule has 2 aliphatic rings. The largest absolute Gasteiger partial charge is 0.493 e. The van der Waals surface area contributed by atoms with Crippen molar-refractivity contribution in [1.82, 2.24) is 20.4 Å². The summed E-state index contributed by atoms with van der Waals surface area (Å²) in [6.07, 6.45) is 1.65. The number of carbonyl (C=O) groups excluding carboxylic acids is 7. The van der Waals surface area contributed by atoms with Crippen LogP contribution in [0.3, 0.4) is 0 Å². The van der Waals surface area contributed by atoms with Crippen molar-refractivity contribution in [3.05, 3.63) is 115 Å². The Labute approximate surface area is 544 Å². The fourth-order valence-electron chi connectivity index (χ4n) is 9.25. The lowest BCUT2D eigenvalue weighted by Gasteiger charge is -2.38. The topological polar surface area (TPSA) is 269 Å². The molecule has 3 aromatic carbocycles. The quantitative estimate of drug-likeness (QED) is 0.0180. The Bertz CT molecular complexity index is 3170. The Kier molecular flexibility index (Phi) is 26.7. The molecule has 7 amide bonds. The summed E-state index contributed by atoms with van der Waals surface area (Å²) in [7, 11) is -1.53. The van der Waals surface area contributed by atoms with Crippen molar-refractivity contribution in [3.8, 4) is 23.0 Å². The lowest BCUT2D eigenvalue weighted by Crippen LogP contribution is -2.53. The van der Waals surface area contributed by atoms with Crippen molar-refractivity contribution in [1.29, 1.82) is 0 Å². The van der Waals surface area contributed by atoms with Gasteiger partial charge in [-0.15, -0.1) is 0 Å². The molecule has 2 heterocycles. The molecule has 25 heteroatoms. The first-order chi connectivity index (χ1) is 43.1. The van der Waals surface area contributed by atoms with Crippen LogP contribution >= 0.6 is 0 Å². The van der Waals surface area contributed by atoms with Gasteiger partial charge in [-0.1, -0.05) is 117 Å².